The van der Waals surface area contributed by atoms with Crippen LogP contribution in [0.15, 0.2) is 12.3 Å². The summed E-state index contributed by atoms with van der Waals surface area (Å²) in [4.78, 5) is 16.6. The Labute approximate surface area is 111 Å². The van der Waals surface area contributed by atoms with Gasteiger partial charge < -0.3 is 15.0 Å². The molecule has 1 aromatic rings. The van der Waals surface area contributed by atoms with Gasteiger partial charge in [0, 0.05) is 38.9 Å². The van der Waals surface area contributed by atoms with Crippen molar-refractivity contribution in [1.29, 1.82) is 0 Å². The van der Waals surface area contributed by atoms with E-state index in [0.717, 1.165) is 18.7 Å². The third-order valence-corrected chi connectivity index (χ3v) is 3.02. The van der Waals surface area contributed by atoms with E-state index in [1.54, 1.807) is 31.1 Å². The highest BCUT2D eigenvalue weighted by Gasteiger charge is 2.22. The molecule has 1 atom stereocenters. The fraction of sp³-hybridized carbons (Fsp3) is 0.583. The Balaban J connectivity index is 2.13. The number of hydrogen-bond donors (Lipinski definition) is 1. The fourth-order valence-corrected chi connectivity index (χ4v) is 2.10. The first-order chi connectivity index (χ1) is 9.08. The van der Waals surface area contributed by atoms with Crippen molar-refractivity contribution >= 4 is 11.5 Å². The average molecular weight is 266 g/mol. The molecule has 7 nitrogen and oxygen atoms in total. The average Bonchev–Trinajstić information content (AvgIpc) is 2.39. The molecule has 2 rings (SSSR count). The number of nitro groups is 1. The van der Waals surface area contributed by atoms with E-state index in [-0.39, 0.29) is 11.8 Å². The van der Waals surface area contributed by atoms with Gasteiger partial charge in [0.25, 0.3) is 0 Å². The molecule has 0 radical (unpaired) electrons. The van der Waals surface area contributed by atoms with Crippen LogP contribution in [0.3, 0.4) is 0 Å². The van der Waals surface area contributed by atoms with E-state index in [4.69, 9.17) is 4.74 Å². The zero-order valence-corrected chi connectivity index (χ0v) is 11.1. The van der Waals surface area contributed by atoms with E-state index in [1.807, 2.05) is 0 Å². The third kappa shape index (κ3) is 3.39. The Hall–Kier alpha value is -1.73. The number of hydrogen-bond acceptors (Lipinski definition) is 6. The monoisotopic (exact) mass is 266 g/mol. The maximum absolute atomic E-state index is 11.1. The van der Waals surface area contributed by atoms with Crippen LogP contribution in [0.25, 0.3) is 0 Å². The fourth-order valence-electron chi connectivity index (χ4n) is 2.10. The summed E-state index contributed by atoms with van der Waals surface area (Å²) in [6.07, 6.45) is 1.67. The van der Waals surface area contributed by atoms with Crippen molar-refractivity contribution in [1.82, 2.24) is 10.3 Å². The van der Waals surface area contributed by atoms with Gasteiger partial charge in [0.1, 0.15) is 0 Å². The Bertz CT molecular complexity index is 460. The number of rotatable bonds is 4. The molecule has 0 spiro atoms. The van der Waals surface area contributed by atoms with Crippen LogP contribution in [-0.4, -0.2) is 49.3 Å². The molecule has 1 aliphatic heterocycles. The first kappa shape index (κ1) is 13.7. The summed E-state index contributed by atoms with van der Waals surface area (Å²) in [6, 6.07) is 1.54. The molecule has 2 heterocycles. The largest absolute Gasteiger partial charge is 0.374 e. The van der Waals surface area contributed by atoms with Gasteiger partial charge in [0.05, 0.1) is 17.6 Å². The molecule has 1 aliphatic rings. The minimum Gasteiger partial charge on any atom is -0.374 e. The zero-order valence-electron chi connectivity index (χ0n) is 11.1. The molecule has 1 aromatic heterocycles. The summed E-state index contributed by atoms with van der Waals surface area (Å²) >= 11 is 0. The molecule has 1 unspecified atom stereocenters. The summed E-state index contributed by atoms with van der Waals surface area (Å²) in [6.45, 7) is 4.64. The first-order valence-electron chi connectivity index (χ1n) is 6.22. The molecule has 0 bridgehead atoms. The van der Waals surface area contributed by atoms with Crippen LogP contribution in [0.2, 0.25) is 0 Å². The first-order valence-corrected chi connectivity index (χ1v) is 6.22. The minimum absolute atomic E-state index is 0.0291. The lowest BCUT2D eigenvalue weighted by Crippen LogP contribution is -2.44. The lowest BCUT2D eigenvalue weighted by Gasteiger charge is -2.28. The van der Waals surface area contributed by atoms with Crippen molar-refractivity contribution in [3.8, 4) is 0 Å². The number of nitrogens with zero attached hydrogens (tertiary/aromatic N) is 3. The van der Waals surface area contributed by atoms with Gasteiger partial charge in [-0.25, -0.2) is 4.98 Å². The van der Waals surface area contributed by atoms with E-state index < -0.39 is 4.92 Å². The van der Waals surface area contributed by atoms with Gasteiger partial charge in [-0.05, 0) is 12.5 Å². The number of ether oxygens (including phenoxy) is 1. The summed E-state index contributed by atoms with van der Waals surface area (Å²) < 4.78 is 5.59. The highest BCUT2D eigenvalue weighted by molar-refractivity contribution is 5.58. The number of pyridine rings is 1. The standard InChI is InChI=1S/C12H18N4O3/c1-9-5-11(16(17)18)12(14-6-9)15(2)8-10-7-13-3-4-19-10/h5-6,10,13H,3-4,7-8H2,1-2H3. The van der Waals surface area contributed by atoms with Crippen LogP contribution in [0.4, 0.5) is 11.5 Å². The molecule has 1 saturated heterocycles. The van der Waals surface area contributed by atoms with Gasteiger partial charge in [0.2, 0.25) is 5.82 Å². The van der Waals surface area contributed by atoms with Gasteiger partial charge in [-0.3, -0.25) is 10.1 Å². The lowest BCUT2D eigenvalue weighted by molar-refractivity contribution is -0.384. The van der Waals surface area contributed by atoms with Crippen molar-refractivity contribution in [2.45, 2.75) is 13.0 Å². The maximum atomic E-state index is 11.1. The Morgan fingerprint density at radius 3 is 3.11 bits per heavy atom. The number of morpholine rings is 1. The smallest absolute Gasteiger partial charge is 0.311 e. The Morgan fingerprint density at radius 2 is 2.47 bits per heavy atom. The zero-order chi connectivity index (χ0) is 13.8. The van der Waals surface area contributed by atoms with Crippen molar-refractivity contribution in [3.05, 3.63) is 27.9 Å². The summed E-state index contributed by atoms with van der Waals surface area (Å²) in [5.74, 6) is 0.379. The normalized spacial score (nSPS) is 19.2. The SMILES string of the molecule is Cc1cnc(N(C)CC2CNCCO2)c([N+](=O)[O-])c1. The van der Waals surface area contributed by atoms with Crippen molar-refractivity contribution in [3.63, 3.8) is 0 Å². The van der Waals surface area contributed by atoms with Gasteiger partial charge in [-0.2, -0.15) is 0 Å². The van der Waals surface area contributed by atoms with Crippen LogP contribution in [0.5, 0.6) is 0 Å². The lowest BCUT2D eigenvalue weighted by atomic mass is 10.2. The van der Waals surface area contributed by atoms with Gasteiger partial charge >= 0.3 is 5.69 Å². The molecule has 0 saturated carbocycles. The molecule has 0 aliphatic carbocycles. The van der Waals surface area contributed by atoms with Gasteiger partial charge in [0.15, 0.2) is 0 Å². The van der Waals surface area contributed by atoms with Crippen LogP contribution in [0, 0.1) is 17.0 Å². The summed E-state index contributed by atoms with van der Waals surface area (Å²) in [5.41, 5.74) is 0.811. The molecular formula is C12H18N4O3. The highest BCUT2D eigenvalue weighted by atomic mass is 16.6. The van der Waals surface area contributed by atoms with E-state index in [2.05, 4.69) is 10.3 Å². The molecule has 1 fully saturated rings. The molecule has 0 aromatic carbocycles. The number of aromatic nitrogens is 1. The molecular weight excluding hydrogens is 248 g/mol. The van der Waals surface area contributed by atoms with Gasteiger partial charge in [-0.1, -0.05) is 0 Å². The summed E-state index contributed by atoms with van der Waals surface area (Å²) in [7, 11) is 1.79. The van der Waals surface area contributed by atoms with Crippen LogP contribution in [-0.2, 0) is 4.74 Å². The number of likely N-dealkylation sites (N-methyl/N-ethyl adjacent to an activating group) is 1. The van der Waals surface area contributed by atoms with E-state index >= 15 is 0 Å². The summed E-state index contributed by atoms with van der Waals surface area (Å²) in [5, 5.41) is 14.3. The van der Waals surface area contributed by atoms with Crippen molar-refractivity contribution < 1.29 is 9.66 Å². The molecule has 1 N–H and O–H groups in total. The Kier molecular flexibility index (Phi) is 4.28. The van der Waals surface area contributed by atoms with E-state index in [1.165, 1.54) is 0 Å². The minimum atomic E-state index is -0.397. The van der Waals surface area contributed by atoms with E-state index in [9.17, 15) is 10.1 Å². The molecule has 19 heavy (non-hydrogen) atoms. The van der Waals surface area contributed by atoms with Crippen molar-refractivity contribution in [2.24, 2.45) is 0 Å². The number of nitrogens with one attached hydrogen (secondary N) is 1. The number of anilines is 1. The predicted octanol–water partition coefficient (Wildman–Crippen LogP) is 0.723. The van der Waals surface area contributed by atoms with Crippen LogP contribution >= 0.6 is 0 Å². The molecule has 0 amide bonds. The van der Waals surface area contributed by atoms with Crippen molar-refractivity contribution in [2.75, 3.05) is 38.2 Å². The molecule has 104 valence electrons. The van der Waals surface area contributed by atoms with E-state index in [0.29, 0.717) is 19.0 Å². The molecule has 7 heteroatoms. The number of aryl methyl sites for hydroxylation is 1. The second-order valence-electron chi connectivity index (χ2n) is 4.69. The van der Waals surface area contributed by atoms with Crippen LogP contribution < -0.4 is 10.2 Å². The van der Waals surface area contributed by atoms with Gasteiger partial charge in [-0.15, -0.1) is 0 Å². The highest BCUT2D eigenvalue weighted by Crippen LogP contribution is 2.25. The Morgan fingerprint density at radius 1 is 1.68 bits per heavy atom. The van der Waals surface area contributed by atoms with Crippen LogP contribution in [0.1, 0.15) is 5.56 Å². The third-order valence-electron chi connectivity index (χ3n) is 3.02. The predicted molar refractivity (Wildman–Crippen MR) is 71.5 cm³/mol. The second-order valence-corrected chi connectivity index (χ2v) is 4.69. The maximum Gasteiger partial charge on any atom is 0.311 e. The quantitative estimate of drug-likeness (QED) is 0.639. The topological polar surface area (TPSA) is 80.5 Å². The second kappa shape index (κ2) is 5.94.